The zero-order chi connectivity index (χ0) is 19.9. The van der Waals surface area contributed by atoms with Gasteiger partial charge in [-0.25, -0.2) is 9.97 Å². The van der Waals surface area contributed by atoms with E-state index in [4.69, 9.17) is 9.97 Å². The second-order valence-electron chi connectivity index (χ2n) is 8.02. The summed E-state index contributed by atoms with van der Waals surface area (Å²) >= 11 is 0. The minimum atomic E-state index is 0.941. The maximum Gasteiger partial charge on any atom is 0.158 e. The smallest absolute Gasteiger partial charge is 0.158 e. The summed E-state index contributed by atoms with van der Waals surface area (Å²) in [5.41, 5.74) is 2.39. The molecule has 0 saturated carbocycles. The summed E-state index contributed by atoms with van der Waals surface area (Å²) in [6.07, 6.45) is 8.40. The fourth-order valence-corrected chi connectivity index (χ4v) is 3.69. The molecule has 0 bridgehead atoms. The Morgan fingerprint density at radius 1 is 0.679 bits per heavy atom. The second-order valence-corrected chi connectivity index (χ2v) is 8.02. The molecule has 6 heteroatoms. The molecule has 0 aliphatic carbocycles. The van der Waals surface area contributed by atoms with E-state index < -0.39 is 0 Å². The van der Waals surface area contributed by atoms with Crippen LogP contribution in [0.25, 0.3) is 0 Å². The van der Waals surface area contributed by atoms with E-state index in [1.807, 2.05) is 24.5 Å². The maximum absolute atomic E-state index is 4.75. The van der Waals surface area contributed by atoms with E-state index in [2.05, 4.69) is 59.9 Å². The van der Waals surface area contributed by atoms with Gasteiger partial charge in [0.25, 0.3) is 0 Å². The van der Waals surface area contributed by atoms with Crippen LogP contribution in [0.2, 0.25) is 0 Å². The topological polar surface area (TPSA) is 38.7 Å². The predicted molar refractivity (Wildman–Crippen MR) is 118 cm³/mol. The third-order valence-electron chi connectivity index (χ3n) is 5.10. The highest BCUT2D eigenvalue weighted by molar-refractivity contribution is 5.89. The van der Waals surface area contributed by atoms with E-state index in [1.54, 1.807) is 0 Å². The molecule has 152 valence electrons. The van der Waals surface area contributed by atoms with Crippen LogP contribution in [-0.4, -0.2) is 74.1 Å². The molecule has 0 saturated heterocycles. The summed E-state index contributed by atoms with van der Waals surface area (Å²) in [6, 6.07) is 8.46. The highest BCUT2D eigenvalue weighted by Crippen LogP contribution is 2.45. The van der Waals surface area contributed by atoms with Gasteiger partial charge < -0.3 is 19.6 Å². The van der Waals surface area contributed by atoms with Gasteiger partial charge in [0, 0.05) is 25.5 Å². The molecule has 3 rings (SSSR count). The van der Waals surface area contributed by atoms with Gasteiger partial charge in [-0.05, 0) is 91.2 Å². The molecule has 6 nitrogen and oxygen atoms in total. The molecule has 0 unspecified atom stereocenters. The van der Waals surface area contributed by atoms with E-state index in [1.165, 1.54) is 24.2 Å². The van der Waals surface area contributed by atoms with Crippen LogP contribution in [-0.2, 0) is 0 Å². The van der Waals surface area contributed by atoms with E-state index >= 15 is 0 Å². The van der Waals surface area contributed by atoms with Crippen LogP contribution in [0.4, 0.5) is 23.0 Å². The number of anilines is 4. The Morgan fingerprint density at radius 2 is 1.14 bits per heavy atom. The average molecular weight is 383 g/mol. The van der Waals surface area contributed by atoms with Gasteiger partial charge in [0.15, 0.2) is 11.6 Å². The van der Waals surface area contributed by atoms with Crippen molar-refractivity contribution in [2.75, 3.05) is 64.2 Å². The molecule has 0 radical (unpaired) electrons. The molecular formula is C22H34N6. The van der Waals surface area contributed by atoms with Gasteiger partial charge in [-0.2, -0.15) is 0 Å². The second kappa shape index (κ2) is 9.85. The number of aromatic nitrogens is 2. The van der Waals surface area contributed by atoms with Crippen molar-refractivity contribution < 1.29 is 0 Å². The SMILES string of the molecule is CN(C)CCCCN1c2cccnc2N(CCCCN(C)C)c2ncccc21. The summed E-state index contributed by atoms with van der Waals surface area (Å²) in [6.45, 7) is 4.15. The van der Waals surface area contributed by atoms with Gasteiger partial charge in [0.2, 0.25) is 0 Å². The van der Waals surface area contributed by atoms with Crippen LogP contribution in [0.5, 0.6) is 0 Å². The van der Waals surface area contributed by atoms with Crippen molar-refractivity contribution in [3.8, 4) is 0 Å². The minimum Gasteiger partial charge on any atom is -0.335 e. The normalized spacial score (nSPS) is 13.2. The molecule has 0 amide bonds. The van der Waals surface area contributed by atoms with Crippen LogP contribution in [0.3, 0.4) is 0 Å². The molecule has 3 heterocycles. The van der Waals surface area contributed by atoms with Crippen LogP contribution >= 0.6 is 0 Å². The zero-order valence-corrected chi connectivity index (χ0v) is 17.8. The number of hydrogen-bond donors (Lipinski definition) is 0. The first kappa shape index (κ1) is 20.6. The van der Waals surface area contributed by atoms with E-state index in [0.29, 0.717) is 0 Å². The molecule has 2 aromatic heterocycles. The van der Waals surface area contributed by atoms with E-state index in [-0.39, 0.29) is 0 Å². The summed E-state index contributed by atoms with van der Waals surface area (Å²) in [7, 11) is 8.52. The lowest BCUT2D eigenvalue weighted by atomic mass is 10.1. The number of hydrogen-bond acceptors (Lipinski definition) is 6. The van der Waals surface area contributed by atoms with Crippen molar-refractivity contribution in [2.24, 2.45) is 0 Å². The molecule has 0 spiro atoms. The van der Waals surface area contributed by atoms with Crippen LogP contribution < -0.4 is 9.80 Å². The zero-order valence-electron chi connectivity index (χ0n) is 17.8. The van der Waals surface area contributed by atoms with E-state index in [0.717, 1.165) is 50.7 Å². The Kier molecular flexibility index (Phi) is 7.23. The number of unbranched alkanes of at least 4 members (excludes halogenated alkanes) is 2. The summed E-state index contributed by atoms with van der Waals surface area (Å²) in [4.78, 5) is 18.7. The van der Waals surface area contributed by atoms with Crippen molar-refractivity contribution in [3.05, 3.63) is 36.7 Å². The lowest BCUT2D eigenvalue weighted by Crippen LogP contribution is -2.32. The monoisotopic (exact) mass is 382 g/mol. The number of rotatable bonds is 10. The fraction of sp³-hybridized carbons (Fsp3) is 0.545. The molecule has 28 heavy (non-hydrogen) atoms. The molecule has 1 aliphatic rings. The molecular weight excluding hydrogens is 348 g/mol. The van der Waals surface area contributed by atoms with E-state index in [9.17, 15) is 0 Å². The standard InChI is InChI=1S/C22H34N6/c1-25(2)15-5-7-17-27-19-11-9-13-23-21(19)28(18-8-6-16-26(3)4)22-20(27)12-10-14-24-22/h9-14H,5-8,15-18H2,1-4H3. The van der Waals surface area contributed by atoms with Gasteiger partial charge in [0.1, 0.15) is 0 Å². The average Bonchev–Trinajstić information content (AvgIpc) is 2.68. The molecule has 0 fully saturated rings. The lowest BCUT2D eigenvalue weighted by Gasteiger charge is -2.38. The molecule has 1 aliphatic heterocycles. The number of nitrogens with zero attached hydrogens (tertiary/aromatic N) is 6. The Bertz CT molecular complexity index is 636. The maximum atomic E-state index is 4.75. The number of pyridine rings is 2. The largest absolute Gasteiger partial charge is 0.335 e. The summed E-state index contributed by atoms with van der Waals surface area (Å²) < 4.78 is 0. The van der Waals surface area contributed by atoms with Crippen molar-refractivity contribution in [1.82, 2.24) is 19.8 Å². The van der Waals surface area contributed by atoms with Gasteiger partial charge >= 0.3 is 0 Å². The quantitative estimate of drug-likeness (QED) is 0.583. The Labute approximate surface area is 169 Å². The van der Waals surface area contributed by atoms with Crippen molar-refractivity contribution >= 4 is 23.0 Å². The van der Waals surface area contributed by atoms with Gasteiger partial charge in [-0.1, -0.05) is 0 Å². The minimum absolute atomic E-state index is 0.941. The third-order valence-corrected chi connectivity index (χ3v) is 5.10. The Balaban J connectivity index is 1.80. The molecule has 0 atom stereocenters. The number of fused-ring (bicyclic) bond motifs is 2. The first-order valence-corrected chi connectivity index (χ1v) is 10.3. The highest BCUT2D eigenvalue weighted by Gasteiger charge is 2.29. The van der Waals surface area contributed by atoms with Gasteiger partial charge in [-0.3, -0.25) is 0 Å². The van der Waals surface area contributed by atoms with Crippen molar-refractivity contribution in [2.45, 2.75) is 25.7 Å². The van der Waals surface area contributed by atoms with Crippen LogP contribution in [0.15, 0.2) is 36.7 Å². The first-order chi connectivity index (χ1) is 13.6. The third kappa shape index (κ3) is 5.00. The highest BCUT2D eigenvalue weighted by atomic mass is 15.3. The molecule has 0 N–H and O–H groups in total. The molecule has 0 aromatic carbocycles. The Hall–Kier alpha value is -2.18. The first-order valence-electron chi connectivity index (χ1n) is 10.3. The fourth-order valence-electron chi connectivity index (χ4n) is 3.69. The van der Waals surface area contributed by atoms with Gasteiger partial charge in [0.05, 0.1) is 11.4 Å². The predicted octanol–water partition coefficient (Wildman–Crippen LogP) is 3.75. The van der Waals surface area contributed by atoms with Crippen molar-refractivity contribution in [3.63, 3.8) is 0 Å². The summed E-state index contributed by atoms with van der Waals surface area (Å²) in [5.74, 6) is 2.07. The summed E-state index contributed by atoms with van der Waals surface area (Å²) in [5, 5.41) is 0. The van der Waals surface area contributed by atoms with Gasteiger partial charge in [-0.15, -0.1) is 0 Å². The van der Waals surface area contributed by atoms with Crippen LogP contribution in [0.1, 0.15) is 25.7 Å². The lowest BCUT2D eigenvalue weighted by molar-refractivity contribution is 0.395. The van der Waals surface area contributed by atoms with Crippen molar-refractivity contribution in [1.29, 1.82) is 0 Å². The van der Waals surface area contributed by atoms with Crippen LogP contribution in [0, 0.1) is 0 Å². The molecule has 2 aromatic rings. The Morgan fingerprint density at radius 3 is 1.61 bits per heavy atom.